The van der Waals surface area contributed by atoms with Gasteiger partial charge in [0.25, 0.3) is 0 Å². The third-order valence-electron chi connectivity index (χ3n) is 3.04. The van der Waals surface area contributed by atoms with Crippen LogP contribution in [-0.4, -0.2) is 0 Å². The van der Waals surface area contributed by atoms with Crippen LogP contribution in [0.5, 0.6) is 0 Å². The van der Waals surface area contributed by atoms with Crippen LogP contribution in [0.25, 0.3) is 0 Å². The van der Waals surface area contributed by atoms with Crippen LogP contribution in [0.3, 0.4) is 0 Å². The van der Waals surface area contributed by atoms with Crippen molar-refractivity contribution >= 4 is 47.8 Å². The van der Waals surface area contributed by atoms with Gasteiger partial charge in [-0.05, 0) is 23.8 Å². The van der Waals surface area contributed by atoms with E-state index in [4.69, 9.17) is 0 Å². The molecule has 3 aromatic carbocycles. The van der Waals surface area contributed by atoms with Crippen LogP contribution in [0.4, 0.5) is 0 Å². The summed E-state index contributed by atoms with van der Waals surface area (Å²) in [4.78, 5) is 0. The van der Waals surface area contributed by atoms with Crippen LogP contribution in [-0.2, 0) is 16.5 Å². The fourth-order valence-corrected chi connectivity index (χ4v) is 4.48. The Morgan fingerprint density at radius 2 is 0.667 bits per heavy atom. The van der Waals surface area contributed by atoms with E-state index >= 15 is 0 Å². The van der Waals surface area contributed by atoms with Gasteiger partial charge in [0, 0.05) is 16.5 Å². The molecule has 0 aliphatic rings. The molecule has 3 aromatic rings. The maximum atomic E-state index is 2.23. The third-order valence-corrected chi connectivity index (χ3v) is 5.49. The molecule has 0 bridgehead atoms. The van der Waals surface area contributed by atoms with Crippen molar-refractivity contribution in [3.63, 3.8) is 0 Å². The minimum atomic E-state index is -0.446. The van der Waals surface area contributed by atoms with E-state index in [0.717, 1.165) is 0 Å². The summed E-state index contributed by atoms with van der Waals surface area (Å²) in [5.74, 6) is 0. The summed E-state index contributed by atoms with van der Waals surface area (Å²) in [6.45, 7) is 0. The summed E-state index contributed by atoms with van der Waals surface area (Å²) in [5.41, 5.74) is 0. The van der Waals surface area contributed by atoms with Crippen LogP contribution >= 0.6 is 31.9 Å². The van der Waals surface area contributed by atoms with E-state index in [9.17, 15) is 0 Å². The third kappa shape index (κ3) is 4.64. The molecule has 3 heteroatoms. The van der Waals surface area contributed by atoms with Crippen molar-refractivity contribution in [2.75, 3.05) is 0 Å². The van der Waals surface area contributed by atoms with Crippen LogP contribution in [0, 0.1) is 0 Å². The van der Waals surface area contributed by atoms with Gasteiger partial charge < -0.3 is 0 Å². The second-order valence-corrected chi connectivity index (χ2v) is 6.56. The van der Waals surface area contributed by atoms with Crippen molar-refractivity contribution in [1.29, 1.82) is 0 Å². The number of rotatable bonds is 3. The topological polar surface area (TPSA) is 0 Å². The molecule has 0 saturated heterocycles. The van der Waals surface area contributed by atoms with Gasteiger partial charge in [0.1, 0.15) is 0 Å². The number of halogens is 1. The predicted molar refractivity (Wildman–Crippen MR) is 101 cm³/mol. The minimum absolute atomic E-state index is 0. The Balaban J connectivity index is 0.00000110. The fourth-order valence-electron chi connectivity index (χ4n) is 2.18. The van der Waals surface area contributed by atoms with Gasteiger partial charge in [-0.25, -0.2) is 0 Å². The molecule has 0 fully saturated rings. The van der Waals surface area contributed by atoms with Gasteiger partial charge in [-0.15, -0.1) is 24.0 Å². The molecule has 0 aliphatic carbocycles. The Morgan fingerprint density at radius 3 is 0.905 bits per heavy atom. The quantitative estimate of drug-likeness (QED) is 0.322. The molecule has 3 rings (SSSR count). The summed E-state index contributed by atoms with van der Waals surface area (Å²) in [6.07, 6.45) is 0. The second-order valence-electron chi connectivity index (χ2n) is 4.34. The van der Waals surface area contributed by atoms with E-state index < -0.39 is 7.92 Å². The molecule has 0 saturated carbocycles. The van der Waals surface area contributed by atoms with Gasteiger partial charge in [-0.3, -0.25) is 0 Å². The summed E-state index contributed by atoms with van der Waals surface area (Å²) in [7, 11) is -0.446. The molecule has 21 heavy (non-hydrogen) atoms. The Bertz CT molecular complexity index is 535. The number of hydrogen-bond donors (Lipinski definition) is 0. The van der Waals surface area contributed by atoms with Crippen molar-refractivity contribution in [2.24, 2.45) is 0 Å². The molecule has 0 atom stereocenters. The van der Waals surface area contributed by atoms with E-state index in [0.29, 0.717) is 0 Å². The van der Waals surface area contributed by atoms with Crippen LogP contribution in [0.15, 0.2) is 91.0 Å². The molecule has 0 amide bonds. The molecule has 0 nitrogen and oxygen atoms in total. The first kappa shape index (κ1) is 18.4. The molecule has 0 radical (unpaired) electrons. The molecular formula is C18H16INiP. The Kier molecular flexibility index (Phi) is 8.18. The van der Waals surface area contributed by atoms with E-state index in [2.05, 4.69) is 91.0 Å². The molecule has 0 aromatic heterocycles. The first-order valence-corrected chi connectivity index (χ1v) is 7.74. The van der Waals surface area contributed by atoms with E-state index in [1.54, 1.807) is 0 Å². The van der Waals surface area contributed by atoms with Gasteiger partial charge >= 0.3 is 0 Å². The summed E-state index contributed by atoms with van der Waals surface area (Å²) < 4.78 is 0. The molecule has 110 valence electrons. The second kappa shape index (κ2) is 9.36. The maximum absolute atomic E-state index is 2.23. The first-order chi connectivity index (χ1) is 9.45. The van der Waals surface area contributed by atoms with Gasteiger partial charge in [-0.2, -0.15) is 0 Å². The SMILES string of the molecule is I.[Ni].c1ccc(P(c2ccccc2)c2ccccc2)cc1. The molecule has 0 unspecified atom stereocenters. The monoisotopic (exact) mass is 448 g/mol. The van der Waals surface area contributed by atoms with Crippen molar-refractivity contribution < 1.29 is 16.5 Å². The Morgan fingerprint density at radius 1 is 0.429 bits per heavy atom. The largest absolute Gasteiger partial charge is 0.107 e. The number of benzene rings is 3. The van der Waals surface area contributed by atoms with Crippen LogP contribution in [0.1, 0.15) is 0 Å². The minimum Gasteiger partial charge on any atom is -0.107 e. The van der Waals surface area contributed by atoms with Gasteiger partial charge in [0.15, 0.2) is 0 Å². The van der Waals surface area contributed by atoms with Gasteiger partial charge in [0.2, 0.25) is 0 Å². The molecule has 0 spiro atoms. The average molecular weight is 449 g/mol. The molecule has 0 aliphatic heterocycles. The van der Waals surface area contributed by atoms with Gasteiger partial charge in [0.05, 0.1) is 0 Å². The zero-order valence-corrected chi connectivity index (χ0v) is 15.5. The van der Waals surface area contributed by atoms with Crippen LogP contribution in [0.2, 0.25) is 0 Å². The molecule has 0 heterocycles. The zero-order valence-electron chi connectivity index (χ0n) is 11.3. The molecule has 0 N–H and O–H groups in total. The summed E-state index contributed by atoms with van der Waals surface area (Å²) in [5, 5.41) is 4.19. The first-order valence-electron chi connectivity index (χ1n) is 6.40. The number of hydrogen-bond acceptors (Lipinski definition) is 0. The van der Waals surface area contributed by atoms with Crippen LogP contribution < -0.4 is 15.9 Å². The van der Waals surface area contributed by atoms with Crippen molar-refractivity contribution in [1.82, 2.24) is 0 Å². The Labute approximate surface area is 154 Å². The zero-order chi connectivity index (χ0) is 12.9. The van der Waals surface area contributed by atoms with Crippen molar-refractivity contribution in [2.45, 2.75) is 0 Å². The van der Waals surface area contributed by atoms with E-state index in [1.807, 2.05) is 0 Å². The predicted octanol–water partition coefficient (Wildman–Crippen LogP) is 4.06. The normalized spacial score (nSPS) is 9.57. The van der Waals surface area contributed by atoms with E-state index in [-0.39, 0.29) is 40.5 Å². The average Bonchev–Trinajstić information content (AvgIpc) is 2.51. The maximum Gasteiger partial charge on any atom is 0 e. The summed E-state index contributed by atoms with van der Waals surface area (Å²) >= 11 is 0. The Hall–Kier alpha value is -0.686. The van der Waals surface area contributed by atoms with Crippen molar-refractivity contribution in [3.05, 3.63) is 91.0 Å². The van der Waals surface area contributed by atoms with Gasteiger partial charge in [-0.1, -0.05) is 91.0 Å². The summed E-state index contributed by atoms with van der Waals surface area (Å²) in [6, 6.07) is 32.3. The molecular weight excluding hydrogens is 433 g/mol. The fraction of sp³-hybridized carbons (Fsp3) is 0. The van der Waals surface area contributed by atoms with E-state index in [1.165, 1.54) is 15.9 Å². The smallest absolute Gasteiger partial charge is 0 e. The standard InChI is InChI=1S/C18H15P.HI.Ni/c1-4-10-16(11-5-1)19(17-12-6-2-7-13-17)18-14-8-3-9-15-18;;/h1-15H;1H;. The van der Waals surface area contributed by atoms with Crippen molar-refractivity contribution in [3.8, 4) is 0 Å².